The lowest BCUT2D eigenvalue weighted by atomic mass is 10.0. The van der Waals surface area contributed by atoms with Crippen LogP contribution in [0.4, 0.5) is 0 Å². The molecule has 0 saturated heterocycles. The van der Waals surface area contributed by atoms with Crippen molar-refractivity contribution in [1.29, 1.82) is 0 Å². The molecule has 8 heteroatoms. The van der Waals surface area contributed by atoms with Crippen molar-refractivity contribution in [2.24, 2.45) is 4.99 Å². The first-order valence-corrected chi connectivity index (χ1v) is 10.5. The first-order valence-electron chi connectivity index (χ1n) is 8.52. The van der Waals surface area contributed by atoms with Crippen LogP contribution in [0.15, 0.2) is 52.6 Å². The third-order valence-electron chi connectivity index (χ3n) is 4.54. The van der Waals surface area contributed by atoms with Crippen molar-refractivity contribution in [3.8, 4) is 5.69 Å². The second kappa shape index (κ2) is 7.62. The summed E-state index contributed by atoms with van der Waals surface area (Å²) in [4.78, 5) is 21.8. The minimum atomic E-state index is -0.240. The van der Waals surface area contributed by atoms with Gasteiger partial charge in [0.15, 0.2) is 10.9 Å². The zero-order valence-corrected chi connectivity index (χ0v) is 17.5. The molecule has 5 nitrogen and oxygen atoms in total. The second-order valence-corrected chi connectivity index (χ2v) is 7.73. The van der Waals surface area contributed by atoms with Crippen LogP contribution in [0.2, 0.25) is 10.0 Å². The molecule has 1 amide bonds. The minimum absolute atomic E-state index is 0.240. The van der Waals surface area contributed by atoms with Crippen molar-refractivity contribution in [2.45, 2.75) is 11.7 Å². The topological polar surface area (TPSA) is 59.3 Å². The monoisotopic (exact) mass is 430 g/mol. The maximum atomic E-state index is 12.4. The number of benzene rings is 2. The Bertz CT molecular complexity index is 1120. The van der Waals surface area contributed by atoms with Gasteiger partial charge in [-0.25, -0.2) is 4.98 Å². The fourth-order valence-electron chi connectivity index (χ4n) is 3.28. The van der Waals surface area contributed by atoms with E-state index in [0.717, 1.165) is 28.2 Å². The Labute approximate surface area is 176 Å². The van der Waals surface area contributed by atoms with Crippen LogP contribution < -0.4 is 5.32 Å². The van der Waals surface area contributed by atoms with Gasteiger partial charge in [0.05, 0.1) is 23.6 Å². The summed E-state index contributed by atoms with van der Waals surface area (Å²) in [6.07, 6.45) is 1.93. The van der Waals surface area contributed by atoms with E-state index in [1.54, 1.807) is 7.05 Å². The fourth-order valence-corrected chi connectivity index (χ4v) is 4.25. The second-order valence-electron chi connectivity index (χ2n) is 6.11. The van der Waals surface area contributed by atoms with Crippen molar-refractivity contribution in [1.82, 2.24) is 14.9 Å². The molecule has 0 fully saturated rings. The molecule has 28 heavy (non-hydrogen) atoms. The summed E-state index contributed by atoms with van der Waals surface area (Å²) in [5.41, 5.74) is 4.37. The number of halogens is 2. The Balaban J connectivity index is 2.04. The highest BCUT2D eigenvalue weighted by molar-refractivity contribution is 7.98. The van der Waals surface area contributed by atoms with Crippen molar-refractivity contribution >= 4 is 46.6 Å². The van der Waals surface area contributed by atoms with Gasteiger partial charge in [-0.3, -0.25) is 14.4 Å². The first kappa shape index (κ1) is 19.1. The molecule has 4 rings (SSSR count). The number of aliphatic imine (C=N–C) groups is 1. The number of carbonyl (C=O) groups excluding carboxylic acids is 1. The molecule has 0 spiro atoms. The van der Waals surface area contributed by atoms with E-state index in [-0.39, 0.29) is 5.91 Å². The molecule has 0 bridgehead atoms. The van der Waals surface area contributed by atoms with Crippen LogP contribution >= 0.6 is 35.0 Å². The normalized spacial score (nSPS) is 12.6. The lowest BCUT2D eigenvalue weighted by Crippen LogP contribution is -2.20. The smallest absolute Gasteiger partial charge is 0.271 e. The summed E-state index contributed by atoms with van der Waals surface area (Å²) in [6, 6.07) is 13.2. The van der Waals surface area contributed by atoms with Crippen LogP contribution in [0.5, 0.6) is 0 Å². The fraction of sp³-hybridized carbons (Fsp3) is 0.150. The molecular weight excluding hydrogens is 415 g/mol. The zero-order valence-electron chi connectivity index (χ0n) is 15.2. The highest BCUT2D eigenvalue weighted by Gasteiger charge is 2.28. The summed E-state index contributed by atoms with van der Waals surface area (Å²) in [5.74, 6) is -0.240. The molecular formula is C20H16Cl2N4OS. The van der Waals surface area contributed by atoms with Crippen LogP contribution in [0, 0.1) is 0 Å². The molecule has 2 heterocycles. The lowest BCUT2D eigenvalue weighted by Gasteiger charge is -2.14. The minimum Gasteiger partial charge on any atom is -0.354 e. The van der Waals surface area contributed by atoms with Gasteiger partial charge in [-0.15, -0.1) is 0 Å². The van der Waals surface area contributed by atoms with Gasteiger partial charge in [0, 0.05) is 28.2 Å². The number of aromatic nitrogens is 2. The third kappa shape index (κ3) is 3.11. The maximum Gasteiger partial charge on any atom is 0.271 e. The van der Waals surface area contributed by atoms with Crippen LogP contribution in [0.1, 0.15) is 27.3 Å². The number of amides is 1. The van der Waals surface area contributed by atoms with Gasteiger partial charge in [-0.1, -0.05) is 53.2 Å². The lowest BCUT2D eigenvalue weighted by molar-refractivity contribution is 0.0957. The summed E-state index contributed by atoms with van der Waals surface area (Å²) in [6.45, 7) is 0.295. The number of thioether (sulfide) groups is 1. The highest BCUT2D eigenvalue weighted by atomic mass is 35.5. The maximum absolute atomic E-state index is 12.4. The average Bonchev–Trinajstić information content (AvgIpc) is 2.99. The van der Waals surface area contributed by atoms with E-state index in [4.69, 9.17) is 28.2 Å². The molecule has 142 valence electrons. The van der Waals surface area contributed by atoms with Gasteiger partial charge in [-0.2, -0.15) is 0 Å². The van der Waals surface area contributed by atoms with E-state index < -0.39 is 0 Å². The summed E-state index contributed by atoms with van der Waals surface area (Å²) in [5, 5.41) is 4.58. The number of imidazole rings is 1. The Morgan fingerprint density at radius 3 is 2.68 bits per heavy atom. The Kier molecular flexibility index (Phi) is 5.19. The number of nitrogens with zero attached hydrogens (tertiary/aromatic N) is 3. The highest BCUT2D eigenvalue weighted by Crippen LogP contribution is 2.34. The van der Waals surface area contributed by atoms with Crippen LogP contribution in [0.3, 0.4) is 0 Å². The largest absolute Gasteiger partial charge is 0.354 e. The van der Waals surface area contributed by atoms with Crippen LogP contribution in [-0.2, 0) is 6.54 Å². The number of hydrogen-bond acceptors (Lipinski definition) is 4. The Morgan fingerprint density at radius 2 is 1.96 bits per heavy atom. The number of carbonyl (C=O) groups is 1. The molecule has 0 radical (unpaired) electrons. The predicted octanol–water partition coefficient (Wildman–Crippen LogP) is 4.61. The zero-order chi connectivity index (χ0) is 19.8. The van der Waals surface area contributed by atoms with E-state index in [9.17, 15) is 4.79 Å². The van der Waals surface area contributed by atoms with Gasteiger partial charge in [0.1, 0.15) is 0 Å². The molecule has 1 aromatic heterocycles. The first-order chi connectivity index (χ1) is 13.5. The average molecular weight is 431 g/mol. The molecule has 1 aliphatic heterocycles. The number of hydrogen-bond donors (Lipinski definition) is 1. The molecule has 0 aliphatic carbocycles. The van der Waals surface area contributed by atoms with Gasteiger partial charge < -0.3 is 5.32 Å². The third-order valence-corrected chi connectivity index (χ3v) is 5.74. The van der Waals surface area contributed by atoms with Gasteiger partial charge in [0.25, 0.3) is 5.91 Å². The molecule has 1 N–H and O–H groups in total. The Hall–Kier alpha value is -2.28. The van der Waals surface area contributed by atoms with E-state index in [2.05, 4.69) is 10.3 Å². The molecule has 1 aliphatic rings. The van der Waals surface area contributed by atoms with Gasteiger partial charge in [-0.05, 0) is 30.5 Å². The SMILES string of the molecule is CNC(=O)c1nc(SC)n2c1CN=C(c1ccccc1Cl)c1cc(Cl)ccc1-2. The van der Waals surface area contributed by atoms with Crippen molar-refractivity contribution in [3.63, 3.8) is 0 Å². The summed E-state index contributed by atoms with van der Waals surface area (Å²) >= 11 is 14.3. The van der Waals surface area contributed by atoms with Crippen molar-refractivity contribution in [3.05, 3.63) is 75.0 Å². The standard InChI is InChI=1S/C20H16Cl2N4OS/c1-23-19(27)18-16-10-24-17(12-5-3-4-6-14(12)22)13-9-11(21)7-8-15(13)26(16)20(25-18)28-2/h3-9H,10H2,1-2H3,(H,23,27). The number of fused-ring (bicyclic) bond motifs is 3. The summed E-state index contributed by atoms with van der Waals surface area (Å²) in [7, 11) is 1.59. The quantitative estimate of drug-likeness (QED) is 0.616. The summed E-state index contributed by atoms with van der Waals surface area (Å²) < 4.78 is 1.98. The number of nitrogens with one attached hydrogen (secondary N) is 1. The van der Waals surface area contributed by atoms with E-state index in [1.165, 1.54) is 11.8 Å². The molecule has 0 atom stereocenters. The molecule has 0 unspecified atom stereocenters. The van der Waals surface area contributed by atoms with Crippen LogP contribution in [-0.4, -0.2) is 34.5 Å². The predicted molar refractivity (Wildman–Crippen MR) is 115 cm³/mol. The van der Waals surface area contributed by atoms with E-state index in [1.807, 2.05) is 53.3 Å². The molecule has 0 saturated carbocycles. The molecule has 3 aromatic rings. The Morgan fingerprint density at radius 1 is 1.18 bits per heavy atom. The molecule has 2 aromatic carbocycles. The van der Waals surface area contributed by atoms with E-state index >= 15 is 0 Å². The van der Waals surface area contributed by atoms with Gasteiger partial charge >= 0.3 is 0 Å². The van der Waals surface area contributed by atoms with E-state index in [0.29, 0.717) is 27.4 Å². The van der Waals surface area contributed by atoms with Crippen LogP contribution in [0.25, 0.3) is 5.69 Å². The number of rotatable bonds is 3. The van der Waals surface area contributed by atoms with Gasteiger partial charge in [0.2, 0.25) is 0 Å². The van der Waals surface area contributed by atoms with Crippen molar-refractivity contribution < 1.29 is 4.79 Å². The van der Waals surface area contributed by atoms with Crippen molar-refractivity contribution in [2.75, 3.05) is 13.3 Å².